The van der Waals surface area contributed by atoms with Gasteiger partial charge in [-0.15, -0.1) is 0 Å². The Morgan fingerprint density at radius 3 is 2.25 bits per heavy atom. The highest BCUT2D eigenvalue weighted by atomic mass is 35.5. The zero-order valence-electron chi connectivity index (χ0n) is 18.1. The number of benzene rings is 2. The lowest BCUT2D eigenvalue weighted by molar-refractivity contribution is 0.263. The minimum atomic E-state index is -1.85. The minimum absolute atomic E-state index is 0.174. The van der Waals surface area contributed by atoms with E-state index < -0.39 is 8.32 Å². The van der Waals surface area contributed by atoms with E-state index in [0.717, 1.165) is 28.4 Å². The molecule has 150 valence electrons. The molecule has 28 heavy (non-hydrogen) atoms. The zero-order valence-corrected chi connectivity index (χ0v) is 19.8. The fraction of sp³-hybridized carbons (Fsp3) is 0.435. The van der Waals surface area contributed by atoms with Crippen LogP contribution in [0, 0.1) is 13.8 Å². The van der Waals surface area contributed by atoms with E-state index in [9.17, 15) is 0 Å². The molecule has 2 aromatic carbocycles. The van der Waals surface area contributed by atoms with Crippen LogP contribution in [0.1, 0.15) is 43.3 Å². The molecule has 1 aromatic heterocycles. The highest BCUT2D eigenvalue weighted by molar-refractivity contribution is 6.74. The molecule has 0 spiro atoms. The molecule has 0 saturated carbocycles. The summed E-state index contributed by atoms with van der Waals surface area (Å²) in [6.45, 7) is 17.0. The Morgan fingerprint density at radius 2 is 1.64 bits per heavy atom. The lowest BCUT2D eigenvalue weighted by Crippen LogP contribution is -2.40. The van der Waals surface area contributed by atoms with E-state index in [2.05, 4.69) is 76.5 Å². The first-order chi connectivity index (χ1) is 13.0. The van der Waals surface area contributed by atoms with Gasteiger partial charge in [0.1, 0.15) is 5.82 Å². The lowest BCUT2D eigenvalue weighted by atomic mass is 10.1. The summed E-state index contributed by atoms with van der Waals surface area (Å²) in [6, 6.07) is 12.5. The van der Waals surface area contributed by atoms with Gasteiger partial charge in [0.05, 0.1) is 17.6 Å². The van der Waals surface area contributed by atoms with Crippen LogP contribution in [0.5, 0.6) is 0 Å². The maximum Gasteiger partial charge on any atom is 0.192 e. The molecule has 0 saturated heterocycles. The van der Waals surface area contributed by atoms with Crippen LogP contribution in [-0.2, 0) is 17.6 Å². The predicted molar refractivity (Wildman–Crippen MR) is 122 cm³/mol. The molecule has 0 amide bonds. The molecule has 0 aliphatic rings. The van der Waals surface area contributed by atoms with Gasteiger partial charge in [0.2, 0.25) is 0 Å². The van der Waals surface area contributed by atoms with Crippen molar-refractivity contribution in [3.63, 3.8) is 0 Å². The largest absolute Gasteiger partial charge is 0.409 e. The van der Waals surface area contributed by atoms with Crippen LogP contribution in [0.25, 0.3) is 11.0 Å². The van der Waals surface area contributed by atoms with Crippen LogP contribution >= 0.6 is 11.6 Å². The quantitative estimate of drug-likeness (QED) is 0.425. The lowest BCUT2D eigenvalue weighted by Gasteiger charge is -2.36. The van der Waals surface area contributed by atoms with Gasteiger partial charge in [0, 0.05) is 11.6 Å². The third kappa shape index (κ3) is 4.34. The Morgan fingerprint density at radius 1 is 1.04 bits per heavy atom. The number of aryl methyl sites for hydroxylation is 2. The maximum atomic E-state index is 6.50. The summed E-state index contributed by atoms with van der Waals surface area (Å²) in [4.78, 5) is 4.95. The molecule has 3 nitrogen and oxygen atoms in total. The average Bonchev–Trinajstić information content (AvgIpc) is 2.91. The second-order valence-electron chi connectivity index (χ2n) is 9.21. The van der Waals surface area contributed by atoms with Crippen molar-refractivity contribution >= 4 is 31.0 Å². The van der Waals surface area contributed by atoms with E-state index in [1.54, 1.807) is 0 Å². The molecule has 0 aliphatic heterocycles. The number of imidazole rings is 1. The molecule has 0 unspecified atom stereocenters. The number of hydrogen-bond donors (Lipinski definition) is 0. The van der Waals surface area contributed by atoms with Crippen molar-refractivity contribution in [1.29, 1.82) is 0 Å². The fourth-order valence-corrected chi connectivity index (χ4v) is 4.00. The maximum absolute atomic E-state index is 6.50. The van der Waals surface area contributed by atoms with Gasteiger partial charge in [-0.1, -0.05) is 44.5 Å². The fourth-order valence-electron chi connectivity index (χ4n) is 2.95. The number of fused-ring (bicyclic) bond motifs is 1. The summed E-state index contributed by atoms with van der Waals surface area (Å²) in [5.41, 5.74) is 5.94. The number of nitrogens with zero attached hydrogens (tertiary/aromatic N) is 2. The number of aromatic nitrogens is 2. The Labute approximate surface area is 174 Å². The molecule has 5 heteroatoms. The number of halogens is 1. The molecule has 3 aromatic rings. The van der Waals surface area contributed by atoms with E-state index in [1.807, 2.05) is 12.1 Å². The van der Waals surface area contributed by atoms with Crippen LogP contribution in [0.3, 0.4) is 0 Å². The van der Waals surface area contributed by atoms with Crippen molar-refractivity contribution in [1.82, 2.24) is 9.55 Å². The Bertz CT molecular complexity index is 984. The molecule has 0 aliphatic carbocycles. The van der Waals surface area contributed by atoms with Crippen molar-refractivity contribution in [3.8, 4) is 0 Å². The third-order valence-corrected chi connectivity index (χ3v) is 10.8. The second-order valence-corrected chi connectivity index (χ2v) is 14.5. The smallest absolute Gasteiger partial charge is 0.192 e. The average molecular weight is 415 g/mol. The molecule has 3 rings (SSSR count). The molecule has 1 heterocycles. The molecule has 0 atom stereocenters. The summed E-state index contributed by atoms with van der Waals surface area (Å²) in [6.07, 6.45) is 0. The van der Waals surface area contributed by atoms with E-state index in [1.165, 1.54) is 16.7 Å². The van der Waals surface area contributed by atoms with Gasteiger partial charge in [-0.25, -0.2) is 4.98 Å². The summed E-state index contributed by atoms with van der Waals surface area (Å²) < 4.78 is 8.79. The molecular formula is C23H31ClN2OSi. The SMILES string of the molecule is Cc1cc2nc(CO[Si](C)(C)C(C)(C)C)n(Cc3ccc(Cl)cc3)c2cc1C. The third-order valence-electron chi connectivity index (χ3n) is 6.07. The second kappa shape index (κ2) is 7.66. The van der Waals surface area contributed by atoms with Gasteiger partial charge in [-0.3, -0.25) is 0 Å². The first kappa shape index (κ1) is 21.1. The van der Waals surface area contributed by atoms with Gasteiger partial charge in [-0.2, -0.15) is 0 Å². The van der Waals surface area contributed by atoms with Crippen LogP contribution in [0.15, 0.2) is 36.4 Å². The standard InChI is InChI=1S/C23H31ClN2OSi/c1-16-12-20-21(13-17(16)2)26(14-18-8-10-19(24)11-9-18)22(25-20)15-27-28(6,7)23(3,4)5/h8-13H,14-15H2,1-7H3. The van der Waals surface area contributed by atoms with E-state index in [-0.39, 0.29) is 5.04 Å². The highest BCUT2D eigenvalue weighted by Crippen LogP contribution is 2.37. The van der Waals surface area contributed by atoms with Crippen LogP contribution in [0.2, 0.25) is 23.2 Å². The molecule has 0 fully saturated rings. The monoisotopic (exact) mass is 414 g/mol. The molecule has 0 radical (unpaired) electrons. The summed E-state index contributed by atoms with van der Waals surface area (Å²) >= 11 is 6.07. The first-order valence-corrected chi connectivity index (χ1v) is 13.1. The van der Waals surface area contributed by atoms with Gasteiger partial charge in [0.25, 0.3) is 0 Å². The Balaban J connectivity index is 2.01. The van der Waals surface area contributed by atoms with Crippen LogP contribution in [-0.4, -0.2) is 17.9 Å². The highest BCUT2D eigenvalue weighted by Gasteiger charge is 2.37. The first-order valence-electron chi connectivity index (χ1n) is 9.83. The van der Waals surface area contributed by atoms with Crippen molar-refractivity contribution in [2.75, 3.05) is 0 Å². The molecular weight excluding hydrogens is 384 g/mol. The van der Waals surface area contributed by atoms with Gasteiger partial charge in [-0.05, 0) is 72.9 Å². The van der Waals surface area contributed by atoms with Gasteiger partial charge < -0.3 is 8.99 Å². The van der Waals surface area contributed by atoms with E-state index >= 15 is 0 Å². The number of hydrogen-bond acceptors (Lipinski definition) is 2. The van der Waals surface area contributed by atoms with Gasteiger partial charge >= 0.3 is 0 Å². The predicted octanol–water partition coefficient (Wildman–Crippen LogP) is 6.88. The summed E-state index contributed by atoms with van der Waals surface area (Å²) in [5, 5.41) is 0.930. The Kier molecular flexibility index (Phi) is 5.77. The Hall–Kier alpha value is -1.62. The molecule has 0 bridgehead atoms. The van der Waals surface area contributed by atoms with Crippen LogP contribution < -0.4 is 0 Å². The number of rotatable bonds is 5. The van der Waals surface area contributed by atoms with Crippen molar-refractivity contribution in [3.05, 3.63) is 63.9 Å². The molecule has 0 N–H and O–H groups in total. The van der Waals surface area contributed by atoms with Crippen molar-refractivity contribution in [2.24, 2.45) is 0 Å². The van der Waals surface area contributed by atoms with Gasteiger partial charge in [0.15, 0.2) is 8.32 Å². The normalized spacial score (nSPS) is 12.7. The van der Waals surface area contributed by atoms with E-state index in [0.29, 0.717) is 6.61 Å². The summed E-state index contributed by atoms with van der Waals surface area (Å²) in [7, 11) is -1.85. The zero-order chi connectivity index (χ0) is 20.7. The van der Waals surface area contributed by atoms with Crippen molar-refractivity contribution < 1.29 is 4.43 Å². The van der Waals surface area contributed by atoms with Crippen molar-refractivity contribution in [2.45, 2.75) is 65.9 Å². The topological polar surface area (TPSA) is 27.1 Å². The van der Waals surface area contributed by atoms with E-state index in [4.69, 9.17) is 21.0 Å². The van der Waals surface area contributed by atoms with Crippen LogP contribution in [0.4, 0.5) is 0 Å². The minimum Gasteiger partial charge on any atom is -0.409 e. The summed E-state index contributed by atoms with van der Waals surface area (Å²) in [5.74, 6) is 0.986.